The Kier molecular flexibility index (Phi) is 7.72. The van der Waals surface area contributed by atoms with Crippen LogP contribution in [0.15, 0.2) is 78.4 Å². The second-order valence-electron chi connectivity index (χ2n) is 11.2. The average molecular weight is 524 g/mol. The standard InChI is InChI=1S/C34H37NO4/c1-4-38-32(36)24-15-13-23(14-16-24)20-34(28-18-25-9-5-6-10-26(25)19-28)21-27-11-7-8-12-29(27)31(34)39-33(37)30(35)17-22(2)3/h5-16,18,22,30-31H,4,17,19-21,35H2,1-3H3. The van der Waals surface area contributed by atoms with Crippen LogP contribution < -0.4 is 5.73 Å². The molecule has 0 saturated carbocycles. The molecule has 2 aliphatic carbocycles. The first kappa shape index (κ1) is 26.9. The topological polar surface area (TPSA) is 78.6 Å². The summed E-state index contributed by atoms with van der Waals surface area (Å²) in [6.07, 6.45) is 4.59. The van der Waals surface area contributed by atoms with Crippen molar-refractivity contribution in [3.8, 4) is 0 Å². The number of rotatable bonds is 9. The lowest BCUT2D eigenvalue weighted by Gasteiger charge is -2.38. The molecule has 3 atom stereocenters. The van der Waals surface area contributed by atoms with Crippen molar-refractivity contribution in [2.45, 2.75) is 58.6 Å². The fourth-order valence-electron chi connectivity index (χ4n) is 6.15. The van der Waals surface area contributed by atoms with Crippen LogP contribution >= 0.6 is 0 Å². The molecule has 39 heavy (non-hydrogen) atoms. The van der Waals surface area contributed by atoms with Crippen LogP contribution in [0.25, 0.3) is 6.08 Å². The first-order valence-corrected chi connectivity index (χ1v) is 13.9. The van der Waals surface area contributed by atoms with E-state index < -0.39 is 17.6 Å². The number of benzene rings is 3. The van der Waals surface area contributed by atoms with Gasteiger partial charge in [0, 0.05) is 5.41 Å². The smallest absolute Gasteiger partial charge is 0.338 e. The third kappa shape index (κ3) is 5.41. The Hall–Kier alpha value is -3.70. The van der Waals surface area contributed by atoms with Crippen LogP contribution in [0.2, 0.25) is 0 Å². The van der Waals surface area contributed by atoms with Crippen LogP contribution in [0, 0.1) is 11.3 Å². The zero-order chi connectivity index (χ0) is 27.6. The van der Waals surface area contributed by atoms with E-state index in [9.17, 15) is 9.59 Å². The summed E-state index contributed by atoms with van der Waals surface area (Å²) in [5.74, 6) is -0.395. The summed E-state index contributed by atoms with van der Waals surface area (Å²) in [4.78, 5) is 25.6. The predicted octanol–water partition coefficient (Wildman–Crippen LogP) is 6.25. The van der Waals surface area contributed by atoms with Gasteiger partial charge in [-0.15, -0.1) is 0 Å². The molecule has 0 saturated heterocycles. The van der Waals surface area contributed by atoms with E-state index in [0.717, 1.165) is 24.0 Å². The molecule has 5 rings (SSSR count). The molecule has 3 aromatic rings. The van der Waals surface area contributed by atoms with E-state index >= 15 is 0 Å². The van der Waals surface area contributed by atoms with Gasteiger partial charge in [0.25, 0.3) is 0 Å². The number of hydrogen-bond donors (Lipinski definition) is 1. The van der Waals surface area contributed by atoms with Gasteiger partial charge < -0.3 is 15.2 Å². The van der Waals surface area contributed by atoms with Crippen LogP contribution in [0.5, 0.6) is 0 Å². The van der Waals surface area contributed by atoms with Crippen LogP contribution in [-0.2, 0) is 33.5 Å². The van der Waals surface area contributed by atoms with E-state index in [0.29, 0.717) is 25.0 Å². The number of carbonyl (C=O) groups excluding carboxylic acids is 2. The minimum atomic E-state index is -0.672. The fraction of sp³-hybridized carbons (Fsp3) is 0.353. The summed E-state index contributed by atoms with van der Waals surface area (Å²) in [6.45, 7) is 6.25. The summed E-state index contributed by atoms with van der Waals surface area (Å²) in [5, 5.41) is 0. The van der Waals surface area contributed by atoms with Gasteiger partial charge in [-0.2, -0.15) is 0 Å². The predicted molar refractivity (Wildman–Crippen MR) is 153 cm³/mol. The SMILES string of the molecule is CCOC(=O)c1ccc(CC2(C3=Cc4ccccc4C3)Cc3ccccc3C2OC(=O)C(N)CC(C)C)cc1. The van der Waals surface area contributed by atoms with E-state index in [2.05, 4.69) is 56.3 Å². The molecule has 5 heteroatoms. The molecule has 0 bridgehead atoms. The van der Waals surface area contributed by atoms with Crippen LogP contribution in [0.4, 0.5) is 0 Å². The van der Waals surface area contributed by atoms with Crippen molar-refractivity contribution in [1.29, 1.82) is 0 Å². The van der Waals surface area contributed by atoms with Gasteiger partial charge in [-0.25, -0.2) is 4.79 Å². The van der Waals surface area contributed by atoms with Crippen molar-refractivity contribution < 1.29 is 19.1 Å². The summed E-state index contributed by atoms with van der Waals surface area (Å²) < 4.78 is 11.6. The molecule has 202 valence electrons. The first-order valence-electron chi connectivity index (χ1n) is 13.9. The van der Waals surface area contributed by atoms with Crippen molar-refractivity contribution in [3.05, 3.63) is 112 Å². The van der Waals surface area contributed by atoms with Crippen molar-refractivity contribution in [2.24, 2.45) is 17.1 Å². The molecule has 3 unspecified atom stereocenters. The van der Waals surface area contributed by atoms with Gasteiger partial charge in [0.1, 0.15) is 12.1 Å². The quantitative estimate of drug-likeness (QED) is 0.336. The van der Waals surface area contributed by atoms with Crippen molar-refractivity contribution in [1.82, 2.24) is 0 Å². The summed E-state index contributed by atoms with van der Waals surface area (Å²) in [7, 11) is 0. The summed E-state index contributed by atoms with van der Waals surface area (Å²) >= 11 is 0. The maximum Gasteiger partial charge on any atom is 0.338 e. The number of esters is 2. The number of hydrogen-bond acceptors (Lipinski definition) is 5. The van der Waals surface area contributed by atoms with Crippen molar-refractivity contribution >= 4 is 18.0 Å². The molecule has 5 nitrogen and oxygen atoms in total. The number of fused-ring (bicyclic) bond motifs is 2. The summed E-state index contributed by atoms with van der Waals surface area (Å²) in [6, 6.07) is 23.7. The molecular formula is C34H37NO4. The number of nitrogens with two attached hydrogens (primary N) is 1. The van der Waals surface area contributed by atoms with Crippen LogP contribution in [0.1, 0.15) is 71.5 Å². The second kappa shape index (κ2) is 11.2. The van der Waals surface area contributed by atoms with Gasteiger partial charge in [-0.1, -0.05) is 86.2 Å². The fourth-order valence-corrected chi connectivity index (χ4v) is 6.15. The highest BCUT2D eigenvalue weighted by Crippen LogP contribution is 2.56. The van der Waals surface area contributed by atoms with Crippen molar-refractivity contribution in [3.63, 3.8) is 0 Å². The van der Waals surface area contributed by atoms with Gasteiger partial charge in [-0.05, 0) is 78.5 Å². The van der Waals surface area contributed by atoms with E-state index in [1.165, 1.54) is 22.3 Å². The number of ether oxygens (including phenoxy) is 2. The minimum absolute atomic E-state index is 0.290. The highest BCUT2D eigenvalue weighted by molar-refractivity contribution is 5.89. The Morgan fingerprint density at radius 1 is 0.974 bits per heavy atom. The molecule has 0 spiro atoms. The van der Waals surface area contributed by atoms with Crippen LogP contribution in [0.3, 0.4) is 0 Å². The lowest BCUT2D eigenvalue weighted by Crippen LogP contribution is -2.39. The Balaban J connectivity index is 1.56. The molecular weight excluding hydrogens is 486 g/mol. The normalized spacial score (nSPS) is 20.2. The van der Waals surface area contributed by atoms with E-state index in [4.69, 9.17) is 15.2 Å². The number of carbonyl (C=O) groups is 2. The largest absolute Gasteiger partial charge is 0.462 e. The van der Waals surface area contributed by atoms with E-state index in [1.807, 2.05) is 36.4 Å². The van der Waals surface area contributed by atoms with E-state index in [-0.39, 0.29) is 17.9 Å². The van der Waals surface area contributed by atoms with Gasteiger partial charge >= 0.3 is 11.9 Å². The molecule has 2 aliphatic rings. The van der Waals surface area contributed by atoms with Crippen LogP contribution in [-0.4, -0.2) is 24.6 Å². The Morgan fingerprint density at radius 2 is 1.67 bits per heavy atom. The molecule has 0 aliphatic heterocycles. The monoisotopic (exact) mass is 523 g/mol. The Labute approximate surface area is 231 Å². The zero-order valence-electron chi connectivity index (χ0n) is 23.0. The maximum atomic E-state index is 13.4. The van der Waals surface area contributed by atoms with Gasteiger partial charge in [0.15, 0.2) is 0 Å². The van der Waals surface area contributed by atoms with E-state index in [1.54, 1.807) is 6.92 Å². The Bertz CT molecular complexity index is 1390. The van der Waals surface area contributed by atoms with Gasteiger partial charge in [0.2, 0.25) is 0 Å². The lowest BCUT2D eigenvalue weighted by atomic mass is 9.70. The molecule has 0 heterocycles. The average Bonchev–Trinajstić information content (AvgIpc) is 3.49. The summed E-state index contributed by atoms with van der Waals surface area (Å²) in [5.41, 5.74) is 13.4. The molecule has 2 N–H and O–H groups in total. The molecule has 0 radical (unpaired) electrons. The van der Waals surface area contributed by atoms with Crippen molar-refractivity contribution in [2.75, 3.05) is 6.61 Å². The molecule has 0 amide bonds. The molecule has 3 aromatic carbocycles. The van der Waals surface area contributed by atoms with Gasteiger partial charge in [-0.3, -0.25) is 4.79 Å². The first-order chi connectivity index (χ1) is 18.8. The highest BCUT2D eigenvalue weighted by atomic mass is 16.5. The lowest BCUT2D eigenvalue weighted by molar-refractivity contribution is -0.156. The third-order valence-electron chi connectivity index (χ3n) is 8.00. The highest BCUT2D eigenvalue weighted by Gasteiger charge is 2.51. The molecule has 0 aromatic heterocycles. The maximum absolute atomic E-state index is 13.4. The third-order valence-corrected chi connectivity index (χ3v) is 8.00. The Morgan fingerprint density at radius 3 is 2.36 bits per heavy atom. The van der Waals surface area contributed by atoms with Gasteiger partial charge in [0.05, 0.1) is 12.2 Å². The second-order valence-corrected chi connectivity index (χ2v) is 11.2. The zero-order valence-corrected chi connectivity index (χ0v) is 23.0. The minimum Gasteiger partial charge on any atom is -0.462 e. The molecule has 0 fully saturated rings.